The molecule has 3 N–H and O–H groups in total. The van der Waals surface area contributed by atoms with E-state index < -0.39 is 82.9 Å². The summed E-state index contributed by atoms with van der Waals surface area (Å²) >= 11 is 0. The number of cyclic esters (lactones) is 1. The van der Waals surface area contributed by atoms with E-state index in [1.54, 1.807) is 73.6 Å². The lowest BCUT2D eigenvalue weighted by Crippen LogP contribution is -2.60. The van der Waals surface area contributed by atoms with E-state index >= 15 is 19.2 Å². The maximum Gasteiger partial charge on any atom is 0.329 e. The molecule has 5 heterocycles. The van der Waals surface area contributed by atoms with E-state index in [0.29, 0.717) is 54.3 Å². The normalized spacial score (nSPS) is 24.4. The summed E-state index contributed by atoms with van der Waals surface area (Å²) < 4.78 is 17.9. The maximum atomic E-state index is 17.0. The summed E-state index contributed by atoms with van der Waals surface area (Å²) in [5.74, 6) is 2.37. The van der Waals surface area contributed by atoms with Crippen LogP contribution in [0.25, 0.3) is 0 Å². The molecule has 0 bridgehead atoms. The lowest BCUT2D eigenvalue weighted by molar-refractivity contribution is -0.179. The SMILES string of the molecule is COC(=O)[C@@H](NC(=O)N1C(=O)[C@@]2(c3cc(C#CC4(O)CCCCCC4)ccc31)[C@H](c1cccc(OCCO)c1)N1[C@H](c3ccccc3)[C@H](c3ccccc3)OC(=O)[C@H]1[C@@H]2C(=O)N1CCN(c2ncccn2)CC1)C(C)C. The van der Waals surface area contributed by atoms with Crippen LogP contribution in [0.15, 0.2) is 122 Å². The number of fused-ring (bicyclic) bond motifs is 3. The third kappa shape index (κ3) is 9.54. The molecule has 10 rings (SSSR count). The molecule has 0 unspecified atom stereocenters. The van der Waals surface area contributed by atoms with Crippen LogP contribution in [0.3, 0.4) is 0 Å². The Morgan fingerprint density at radius 1 is 0.816 bits per heavy atom. The van der Waals surface area contributed by atoms with Crippen LogP contribution in [0.4, 0.5) is 16.4 Å². The summed E-state index contributed by atoms with van der Waals surface area (Å²) in [6.07, 6.45) is 6.86. The summed E-state index contributed by atoms with van der Waals surface area (Å²) in [6, 6.07) is 26.9. The Morgan fingerprint density at radius 2 is 1.49 bits per heavy atom. The molecule has 0 radical (unpaired) electrons. The Balaban J connectivity index is 1.25. The second-order valence-electron chi connectivity index (χ2n) is 20.5. The molecule has 4 amide bonds. The number of nitrogens with one attached hydrogen (secondary N) is 1. The Kier molecular flexibility index (Phi) is 14.9. The highest BCUT2D eigenvalue weighted by atomic mass is 16.6. The molecule has 5 aromatic rings. The maximum absolute atomic E-state index is 17.0. The molecule has 5 aliphatic rings. The molecule has 1 saturated carbocycles. The minimum atomic E-state index is -2.14. The van der Waals surface area contributed by atoms with Gasteiger partial charge in [-0.05, 0) is 90.3 Å². The van der Waals surface area contributed by atoms with E-state index in [0.717, 1.165) is 36.1 Å². The number of hydrogen-bond donors (Lipinski definition) is 3. The topological polar surface area (TPSA) is 204 Å². The van der Waals surface area contributed by atoms with Crippen molar-refractivity contribution in [2.45, 2.75) is 93.7 Å². The molecule has 17 heteroatoms. The summed E-state index contributed by atoms with van der Waals surface area (Å²) in [6.45, 7) is 4.13. The number of imide groups is 1. The molecular formula is C59H63N7O10. The van der Waals surface area contributed by atoms with Crippen molar-refractivity contribution in [3.05, 3.63) is 149 Å². The zero-order valence-electron chi connectivity index (χ0n) is 42.9. The lowest BCUT2D eigenvalue weighted by atomic mass is 9.64. The molecule has 3 saturated heterocycles. The van der Waals surface area contributed by atoms with E-state index in [4.69, 9.17) is 14.2 Å². The van der Waals surface area contributed by atoms with Crippen LogP contribution >= 0.6 is 0 Å². The van der Waals surface area contributed by atoms with Crippen molar-refractivity contribution >= 4 is 41.4 Å². The smallest absolute Gasteiger partial charge is 0.329 e. The lowest BCUT2D eigenvalue weighted by Gasteiger charge is -2.46. The number of anilines is 2. The number of ether oxygens (including phenoxy) is 3. The van der Waals surface area contributed by atoms with E-state index in [1.165, 1.54) is 7.11 Å². The second kappa shape index (κ2) is 21.9. The number of benzene rings is 4. The number of aliphatic hydroxyl groups excluding tert-OH is 1. The van der Waals surface area contributed by atoms with Crippen LogP contribution in [0.2, 0.25) is 0 Å². The highest BCUT2D eigenvalue weighted by Gasteiger charge is 2.76. The number of aromatic nitrogens is 2. The number of carbonyl (C=O) groups excluding carboxylic acids is 5. The second-order valence-corrected chi connectivity index (χ2v) is 20.5. The van der Waals surface area contributed by atoms with E-state index in [-0.39, 0.29) is 37.6 Å². The third-order valence-electron chi connectivity index (χ3n) is 15.7. The van der Waals surface area contributed by atoms with Crippen LogP contribution in [-0.2, 0) is 34.1 Å². The minimum absolute atomic E-state index is 0.0525. The average Bonchev–Trinajstić information content (AvgIpc) is 3.98. The van der Waals surface area contributed by atoms with Gasteiger partial charge in [0.05, 0.1) is 37.4 Å². The summed E-state index contributed by atoms with van der Waals surface area (Å²) in [5.41, 5.74) is -0.818. The highest BCUT2D eigenvalue weighted by molar-refractivity contribution is 6.25. The molecule has 1 aliphatic carbocycles. The number of nitrogens with zero attached hydrogens (tertiary/aromatic N) is 6. The van der Waals surface area contributed by atoms with Crippen molar-refractivity contribution < 1.29 is 48.4 Å². The first kappa shape index (κ1) is 51.8. The van der Waals surface area contributed by atoms with E-state index in [1.807, 2.05) is 76.5 Å². The number of amides is 4. The Labute approximate surface area is 442 Å². The molecule has 7 atom stereocenters. The van der Waals surface area contributed by atoms with Gasteiger partial charge < -0.3 is 39.5 Å². The zero-order chi connectivity index (χ0) is 53.1. The summed E-state index contributed by atoms with van der Waals surface area (Å²) in [7, 11) is 1.22. The van der Waals surface area contributed by atoms with Crippen molar-refractivity contribution in [2.24, 2.45) is 11.8 Å². The summed E-state index contributed by atoms with van der Waals surface area (Å²) in [4.78, 5) is 93.4. The van der Waals surface area contributed by atoms with Gasteiger partial charge in [-0.3, -0.25) is 19.3 Å². The zero-order valence-corrected chi connectivity index (χ0v) is 42.9. The van der Waals surface area contributed by atoms with Gasteiger partial charge in [-0.25, -0.2) is 24.5 Å². The minimum Gasteiger partial charge on any atom is -0.491 e. The fourth-order valence-electron chi connectivity index (χ4n) is 12.1. The van der Waals surface area contributed by atoms with Gasteiger partial charge in [0.15, 0.2) is 0 Å². The van der Waals surface area contributed by atoms with Gasteiger partial charge in [0, 0.05) is 44.1 Å². The van der Waals surface area contributed by atoms with Crippen LogP contribution < -0.4 is 19.9 Å². The van der Waals surface area contributed by atoms with E-state index in [2.05, 4.69) is 27.1 Å². The van der Waals surface area contributed by atoms with E-state index in [9.17, 15) is 15.0 Å². The molecule has 76 heavy (non-hydrogen) atoms. The first-order chi connectivity index (χ1) is 36.9. The quantitative estimate of drug-likeness (QED) is 0.0766. The molecular weight excluding hydrogens is 967 g/mol. The number of carbonyl (C=O) groups is 5. The average molecular weight is 1030 g/mol. The molecule has 4 fully saturated rings. The first-order valence-corrected chi connectivity index (χ1v) is 26.2. The Bertz CT molecular complexity index is 3010. The molecule has 4 aliphatic heterocycles. The monoisotopic (exact) mass is 1030 g/mol. The van der Waals surface area contributed by atoms with Gasteiger partial charge in [0.1, 0.15) is 41.6 Å². The van der Waals surface area contributed by atoms with Gasteiger partial charge in [0.25, 0.3) is 0 Å². The number of aliphatic hydroxyl groups is 2. The largest absolute Gasteiger partial charge is 0.491 e. The number of urea groups is 1. The number of piperazine rings is 1. The van der Waals surface area contributed by atoms with Crippen LogP contribution in [-0.4, -0.2) is 124 Å². The van der Waals surface area contributed by atoms with Crippen molar-refractivity contribution in [3.8, 4) is 17.6 Å². The molecule has 394 valence electrons. The number of esters is 2. The molecule has 1 spiro atoms. The van der Waals surface area contributed by atoms with Crippen LogP contribution in [0.5, 0.6) is 5.75 Å². The molecule has 17 nitrogen and oxygen atoms in total. The van der Waals surface area contributed by atoms with Gasteiger partial charge in [-0.2, -0.15) is 0 Å². The number of hydrogen-bond acceptors (Lipinski definition) is 14. The summed E-state index contributed by atoms with van der Waals surface area (Å²) in [5, 5.41) is 24.6. The predicted molar refractivity (Wildman–Crippen MR) is 280 cm³/mol. The van der Waals surface area contributed by atoms with Gasteiger partial charge in [0.2, 0.25) is 17.8 Å². The standard InChI is InChI=1S/C59H63N7O10/c1-38(2)47(53(69)74-3)62-57(72)65-45-23-22-39(24-27-58(73)25-12-4-5-13-26-58)36-44(45)59(55(65)71)46(52(68)63-30-32-64(33-31-63)56-60-28-15-29-61-56)49-54(70)76-50(41-18-10-7-11-19-41)48(40-16-8-6-9-17-40)66(49)51(59)42-20-14-21-43(37-42)75-35-34-67/h6-11,14-23,28-29,36-38,46-51,67,73H,4-5,12-13,25-26,30-35H2,1-3H3,(H,62,72)/t46-,47+,48-,49-,50+,51+,59-/m1/s1. The fraction of sp³-hybridized carbons (Fsp3) is 0.407. The Morgan fingerprint density at radius 3 is 2.14 bits per heavy atom. The predicted octanol–water partition coefficient (Wildman–Crippen LogP) is 6.21. The highest BCUT2D eigenvalue weighted by Crippen LogP contribution is 2.66. The van der Waals surface area contributed by atoms with Crippen molar-refractivity contribution in [1.29, 1.82) is 0 Å². The van der Waals surface area contributed by atoms with Crippen molar-refractivity contribution in [3.63, 3.8) is 0 Å². The molecule has 4 aromatic carbocycles. The molecule has 1 aromatic heterocycles. The first-order valence-electron chi connectivity index (χ1n) is 26.2. The van der Waals surface area contributed by atoms with Gasteiger partial charge in [-0.15, -0.1) is 0 Å². The number of rotatable bonds is 11. The Hall–Kier alpha value is -7.65. The van der Waals surface area contributed by atoms with Crippen LogP contribution in [0, 0.1) is 23.7 Å². The number of morpholine rings is 1. The van der Waals surface area contributed by atoms with Crippen molar-refractivity contribution in [2.75, 3.05) is 56.3 Å². The third-order valence-corrected chi connectivity index (χ3v) is 15.7. The van der Waals surface area contributed by atoms with Gasteiger partial charge >= 0.3 is 18.0 Å². The van der Waals surface area contributed by atoms with Crippen molar-refractivity contribution in [1.82, 2.24) is 25.1 Å². The van der Waals surface area contributed by atoms with Gasteiger partial charge in [-0.1, -0.05) is 111 Å². The number of methoxy groups -OCH3 is 1. The fourth-order valence-corrected chi connectivity index (χ4v) is 12.1. The van der Waals surface area contributed by atoms with Crippen LogP contribution in [0.1, 0.15) is 98.4 Å².